The molecule has 3 heteroatoms. The standard InChI is InChI=1S/C12H15NO2/c1-8-11-9(12(2,3)7-14)5-4-6-10(11)15-13-8/h4-6,14H,7H2,1-3H3. The molecule has 0 spiro atoms. The first-order valence-corrected chi connectivity index (χ1v) is 5.02. The summed E-state index contributed by atoms with van der Waals surface area (Å²) in [4.78, 5) is 0. The van der Waals surface area contributed by atoms with Crippen molar-refractivity contribution in [3.05, 3.63) is 29.5 Å². The fraction of sp³-hybridized carbons (Fsp3) is 0.417. The minimum Gasteiger partial charge on any atom is -0.395 e. The predicted molar refractivity (Wildman–Crippen MR) is 58.9 cm³/mol. The van der Waals surface area contributed by atoms with Gasteiger partial charge in [-0.25, -0.2) is 0 Å². The second-order valence-corrected chi connectivity index (χ2v) is 4.49. The van der Waals surface area contributed by atoms with Crippen LogP contribution < -0.4 is 0 Å². The normalized spacial score (nSPS) is 12.3. The Morgan fingerprint density at radius 1 is 1.40 bits per heavy atom. The second-order valence-electron chi connectivity index (χ2n) is 4.49. The van der Waals surface area contributed by atoms with Crippen molar-refractivity contribution in [2.24, 2.45) is 0 Å². The van der Waals surface area contributed by atoms with Crippen molar-refractivity contribution >= 4 is 11.0 Å². The lowest BCUT2D eigenvalue weighted by Gasteiger charge is -2.22. The van der Waals surface area contributed by atoms with Crippen LogP contribution in [0.4, 0.5) is 0 Å². The summed E-state index contributed by atoms with van der Waals surface area (Å²) < 4.78 is 5.20. The summed E-state index contributed by atoms with van der Waals surface area (Å²) in [6, 6.07) is 5.84. The van der Waals surface area contributed by atoms with Crippen molar-refractivity contribution in [3.8, 4) is 0 Å². The SMILES string of the molecule is Cc1noc2cccc(C(C)(C)CO)c12. The highest BCUT2D eigenvalue weighted by molar-refractivity contribution is 5.84. The quantitative estimate of drug-likeness (QED) is 0.818. The van der Waals surface area contributed by atoms with Crippen LogP contribution in [0.5, 0.6) is 0 Å². The number of hydrogen-bond acceptors (Lipinski definition) is 3. The summed E-state index contributed by atoms with van der Waals surface area (Å²) in [7, 11) is 0. The van der Waals surface area contributed by atoms with E-state index in [1.807, 2.05) is 39.0 Å². The molecule has 0 radical (unpaired) electrons. The molecule has 80 valence electrons. The van der Waals surface area contributed by atoms with Crippen LogP contribution in [0.3, 0.4) is 0 Å². The Hall–Kier alpha value is -1.35. The third-order valence-corrected chi connectivity index (χ3v) is 2.79. The van der Waals surface area contributed by atoms with Gasteiger partial charge in [0.15, 0.2) is 5.58 Å². The summed E-state index contributed by atoms with van der Waals surface area (Å²) in [6.45, 7) is 6.04. The number of fused-ring (bicyclic) bond motifs is 1. The molecule has 0 aliphatic rings. The van der Waals surface area contributed by atoms with Crippen LogP contribution in [0.25, 0.3) is 11.0 Å². The summed E-state index contributed by atoms with van der Waals surface area (Å²) in [5.74, 6) is 0. The number of rotatable bonds is 2. The highest BCUT2D eigenvalue weighted by Crippen LogP contribution is 2.31. The third-order valence-electron chi connectivity index (χ3n) is 2.79. The van der Waals surface area contributed by atoms with Gasteiger partial charge in [0.05, 0.1) is 12.3 Å². The molecule has 0 aliphatic carbocycles. The topological polar surface area (TPSA) is 46.3 Å². The van der Waals surface area contributed by atoms with Crippen molar-refractivity contribution < 1.29 is 9.63 Å². The number of aryl methyl sites for hydroxylation is 1. The van der Waals surface area contributed by atoms with Gasteiger partial charge in [-0.2, -0.15) is 0 Å². The molecule has 0 bridgehead atoms. The van der Waals surface area contributed by atoms with Crippen molar-refractivity contribution in [2.75, 3.05) is 6.61 Å². The van der Waals surface area contributed by atoms with Crippen LogP contribution in [0, 0.1) is 6.92 Å². The Labute approximate surface area is 88.7 Å². The average molecular weight is 205 g/mol. The fourth-order valence-corrected chi connectivity index (χ4v) is 1.79. The lowest BCUT2D eigenvalue weighted by molar-refractivity contribution is 0.219. The van der Waals surface area contributed by atoms with Crippen LogP contribution in [0.2, 0.25) is 0 Å². The van der Waals surface area contributed by atoms with Gasteiger partial charge < -0.3 is 9.63 Å². The van der Waals surface area contributed by atoms with Gasteiger partial charge in [-0.1, -0.05) is 31.1 Å². The van der Waals surface area contributed by atoms with Gasteiger partial charge in [0, 0.05) is 10.8 Å². The number of aromatic nitrogens is 1. The molecule has 0 unspecified atom stereocenters. The zero-order chi connectivity index (χ0) is 11.1. The maximum absolute atomic E-state index is 9.38. The molecular weight excluding hydrogens is 190 g/mol. The molecule has 0 amide bonds. The van der Waals surface area contributed by atoms with E-state index in [0.29, 0.717) is 0 Å². The molecule has 0 saturated carbocycles. The number of benzene rings is 1. The van der Waals surface area contributed by atoms with Gasteiger partial charge in [-0.15, -0.1) is 0 Å². The van der Waals surface area contributed by atoms with E-state index < -0.39 is 0 Å². The second kappa shape index (κ2) is 3.35. The van der Waals surface area contributed by atoms with Crippen molar-refractivity contribution in [2.45, 2.75) is 26.2 Å². The average Bonchev–Trinajstić information content (AvgIpc) is 2.60. The highest BCUT2D eigenvalue weighted by atomic mass is 16.5. The Kier molecular flexibility index (Phi) is 2.27. The van der Waals surface area contributed by atoms with Gasteiger partial charge in [0.1, 0.15) is 0 Å². The Morgan fingerprint density at radius 2 is 2.13 bits per heavy atom. The third kappa shape index (κ3) is 1.53. The van der Waals surface area contributed by atoms with Crippen LogP contribution >= 0.6 is 0 Å². The van der Waals surface area contributed by atoms with Gasteiger partial charge >= 0.3 is 0 Å². The minimum absolute atomic E-state index is 0.108. The van der Waals surface area contributed by atoms with E-state index in [0.717, 1.165) is 22.2 Å². The molecule has 0 saturated heterocycles. The lowest BCUT2D eigenvalue weighted by atomic mass is 9.83. The lowest BCUT2D eigenvalue weighted by Crippen LogP contribution is -2.22. The number of aliphatic hydroxyl groups excluding tert-OH is 1. The summed E-state index contributed by atoms with van der Waals surface area (Å²) in [5, 5.41) is 14.4. The summed E-state index contributed by atoms with van der Waals surface area (Å²) in [5.41, 5.74) is 2.48. The summed E-state index contributed by atoms with van der Waals surface area (Å²) >= 11 is 0. The van der Waals surface area contributed by atoms with Crippen LogP contribution in [-0.4, -0.2) is 16.9 Å². The molecule has 3 nitrogen and oxygen atoms in total. The molecule has 0 atom stereocenters. The maximum Gasteiger partial charge on any atom is 0.167 e. The van der Waals surface area contributed by atoms with Crippen LogP contribution in [-0.2, 0) is 5.41 Å². The van der Waals surface area contributed by atoms with Gasteiger partial charge in [-0.05, 0) is 18.6 Å². The first-order valence-electron chi connectivity index (χ1n) is 5.02. The number of hydrogen-bond donors (Lipinski definition) is 1. The van der Waals surface area contributed by atoms with Crippen molar-refractivity contribution in [1.29, 1.82) is 0 Å². The number of nitrogens with zero attached hydrogens (tertiary/aromatic N) is 1. The van der Waals surface area contributed by atoms with E-state index in [-0.39, 0.29) is 12.0 Å². The predicted octanol–water partition coefficient (Wildman–Crippen LogP) is 2.41. The molecule has 1 heterocycles. The van der Waals surface area contributed by atoms with Crippen molar-refractivity contribution in [3.63, 3.8) is 0 Å². The Bertz CT molecular complexity index is 485. The summed E-state index contributed by atoms with van der Waals surface area (Å²) in [6.07, 6.45) is 0. The van der Waals surface area contributed by atoms with Crippen molar-refractivity contribution in [1.82, 2.24) is 5.16 Å². The van der Waals surface area contributed by atoms with E-state index in [1.165, 1.54) is 0 Å². The zero-order valence-electron chi connectivity index (χ0n) is 9.24. The van der Waals surface area contributed by atoms with E-state index in [4.69, 9.17) is 4.52 Å². The molecule has 1 aromatic carbocycles. The van der Waals surface area contributed by atoms with E-state index in [1.54, 1.807) is 0 Å². The monoisotopic (exact) mass is 205 g/mol. The van der Waals surface area contributed by atoms with E-state index in [2.05, 4.69) is 5.16 Å². The largest absolute Gasteiger partial charge is 0.395 e. The molecule has 2 aromatic rings. The minimum atomic E-state index is -0.268. The first kappa shape index (κ1) is 10.2. The molecule has 2 rings (SSSR count). The molecule has 1 aromatic heterocycles. The van der Waals surface area contributed by atoms with Gasteiger partial charge in [-0.3, -0.25) is 0 Å². The smallest absolute Gasteiger partial charge is 0.167 e. The molecule has 0 fully saturated rings. The maximum atomic E-state index is 9.38. The molecule has 15 heavy (non-hydrogen) atoms. The first-order chi connectivity index (χ1) is 7.06. The van der Waals surface area contributed by atoms with E-state index >= 15 is 0 Å². The Balaban J connectivity index is 2.75. The molecular formula is C12H15NO2. The Morgan fingerprint density at radius 3 is 2.80 bits per heavy atom. The fourth-order valence-electron chi connectivity index (χ4n) is 1.79. The van der Waals surface area contributed by atoms with Crippen LogP contribution in [0.1, 0.15) is 25.1 Å². The van der Waals surface area contributed by atoms with Crippen LogP contribution in [0.15, 0.2) is 22.7 Å². The van der Waals surface area contributed by atoms with Gasteiger partial charge in [0.25, 0.3) is 0 Å². The molecule has 0 aliphatic heterocycles. The van der Waals surface area contributed by atoms with Gasteiger partial charge in [0.2, 0.25) is 0 Å². The molecule has 1 N–H and O–H groups in total. The van der Waals surface area contributed by atoms with E-state index in [9.17, 15) is 5.11 Å². The highest BCUT2D eigenvalue weighted by Gasteiger charge is 2.24. The zero-order valence-corrected chi connectivity index (χ0v) is 9.24. The number of aliphatic hydroxyl groups is 1.